The third-order valence-electron chi connectivity index (χ3n) is 5.88. The Balaban J connectivity index is 0.000000196. The quantitative estimate of drug-likeness (QED) is 0.298. The first kappa shape index (κ1) is 29.6. The van der Waals surface area contributed by atoms with E-state index in [1.807, 2.05) is 38.2 Å². The molecule has 4 nitrogen and oxygen atoms in total. The zero-order valence-electron chi connectivity index (χ0n) is 23.0. The Bertz CT molecular complexity index is 1290. The average Bonchev–Trinajstić information content (AvgIpc) is 2.85. The van der Waals surface area contributed by atoms with E-state index in [0.29, 0.717) is 24.2 Å². The van der Waals surface area contributed by atoms with Gasteiger partial charge in [0.1, 0.15) is 5.78 Å². The van der Waals surface area contributed by atoms with Gasteiger partial charge < -0.3 is 5.11 Å². The van der Waals surface area contributed by atoms with Crippen LogP contribution in [0.4, 0.5) is 4.39 Å². The summed E-state index contributed by atoms with van der Waals surface area (Å²) in [5.74, 6) is 0.686. The van der Waals surface area contributed by atoms with Crippen LogP contribution in [0.25, 0.3) is 10.9 Å². The minimum absolute atomic E-state index is 0.161. The lowest BCUT2D eigenvalue weighted by Gasteiger charge is -2.08. The maximum Gasteiger partial charge on any atom is 0.165 e. The van der Waals surface area contributed by atoms with Crippen LogP contribution in [0.5, 0.6) is 5.75 Å². The maximum atomic E-state index is 12.7. The number of aromatic nitrogens is 2. The van der Waals surface area contributed by atoms with Gasteiger partial charge in [-0.25, -0.2) is 4.39 Å². The summed E-state index contributed by atoms with van der Waals surface area (Å²) in [6.45, 7) is 14.2. The van der Waals surface area contributed by atoms with Crippen LogP contribution in [0.2, 0.25) is 0 Å². The molecule has 0 amide bonds. The number of carbonyl (C=O) groups is 1. The largest absolute Gasteiger partial charge is 0.505 e. The summed E-state index contributed by atoms with van der Waals surface area (Å²) in [5.41, 5.74) is 5.49. The van der Waals surface area contributed by atoms with E-state index in [1.165, 1.54) is 28.6 Å². The van der Waals surface area contributed by atoms with Crippen molar-refractivity contribution in [3.63, 3.8) is 0 Å². The molecule has 196 valence electrons. The summed E-state index contributed by atoms with van der Waals surface area (Å²) in [5, 5.41) is 10.1. The van der Waals surface area contributed by atoms with Gasteiger partial charge in [-0.1, -0.05) is 65.8 Å². The van der Waals surface area contributed by atoms with Crippen LogP contribution in [0.1, 0.15) is 88.6 Å². The summed E-state index contributed by atoms with van der Waals surface area (Å²) >= 11 is 0. The first-order valence-electron chi connectivity index (χ1n) is 12.8. The van der Waals surface area contributed by atoms with Gasteiger partial charge in [-0.05, 0) is 77.8 Å². The number of hydrogen-bond donors (Lipinski definition) is 1. The Hall–Kier alpha value is -3.60. The molecule has 0 radical (unpaired) electrons. The van der Waals surface area contributed by atoms with E-state index >= 15 is 0 Å². The van der Waals surface area contributed by atoms with Gasteiger partial charge in [0.25, 0.3) is 0 Å². The molecule has 0 fully saturated rings. The van der Waals surface area contributed by atoms with Crippen molar-refractivity contribution < 1.29 is 14.3 Å². The molecule has 2 aromatic heterocycles. The highest BCUT2D eigenvalue weighted by Crippen LogP contribution is 2.23. The van der Waals surface area contributed by atoms with Crippen molar-refractivity contribution in [1.29, 1.82) is 0 Å². The number of aromatic hydroxyl groups is 1. The van der Waals surface area contributed by atoms with Crippen LogP contribution in [0, 0.1) is 5.82 Å². The topological polar surface area (TPSA) is 63.1 Å². The summed E-state index contributed by atoms with van der Waals surface area (Å²) in [4.78, 5) is 19.3. The van der Waals surface area contributed by atoms with Gasteiger partial charge in [0.2, 0.25) is 0 Å². The summed E-state index contributed by atoms with van der Waals surface area (Å²) in [7, 11) is 0. The Morgan fingerprint density at radius 3 is 2.08 bits per heavy atom. The third-order valence-corrected chi connectivity index (χ3v) is 5.88. The number of nitrogens with zero attached hydrogens (tertiary/aromatic N) is 2. The number of ketones is 1. The van der Waals surface area contributed by atoms with E-state index in [1.54, 1.807) is 19.2 Å². The second-order valence-corrected chi connectivity index (χ2v) is 10.1. The molecule has 2 aromatic carbocycles. The highest BCUT2D eigenvalue weighted by Gasteiger charge is 2.05. The summed E-state index contributed by atoms with van der Waals surface area (Å²) < 4.78 is 12.7. The number of pyridine rings is 2. The first-order valence-corrected chi connectivity index (χ1v) is 12.8. The van der Waals surface area contributed by atoms with Crippen molar-refractivity contribution in [1.82, 2.24) is 9.97 Å². The fraction of sp³-hybridized carbons (Fsp3) is 0.344. The molecule has 0 aliphatic rings. The molecule has 0 aliphatic heterocycles. The van der Waals surface area contributed by atoms with E-state index in [-0.39, 0.29) is 11.5 Å². The lowest BCUT2D eigenvalue weighted by Crippen LogP contribution is -2.00. The molecule has 0 saturated carbocycles. The molecule has 4 aromatic rings. The van der Waals surface area contributed by atoms with E-state index < -0.39 is 5.82 Å². The van der Waals surface area contributed by atoms with Crippen LogP contribution < -0.4 is 0 Å². The van der Waals surface area contributed by atoms with Crippen LogP contribution in [-0.2, 0) is 11.2 Å². The highest BCUT2D eigenvalue weighted by molar-refractivity contribution is 5.82. The predicted octanol–water partition coefficient (Wildman–Crippen LogP) is 8.35. The molecule has 0 spiro atoms. The lowest BCUT2D eigenvalue weighted by molar-refractivity contribution is -0.116. The molecule has 0 atom stereocenters. The molecular formula is C32H39FN2O2. The molecule has 2 heterocycles. The van der Waals surface area contributed by atoms with E-state index in [0.717, 1.165) is 16.8 Å². The SMILES string of the molecule is CC(=O)Cc1cc(C(C)C)ccn1.CC(C)c1ccc(O)c(F)c1.CC(C)c1cccc2ncccc12. The molecule has 0 aliphatic carbocycles. The van der Waals surface area contributed by atoms with Gasteiger partial charge in [0, 0.05) is 29.9 Å². The van der Waals surface area contributed by atoms with Crippen molar-refractivity contribution >= 4 is 16.7 Å². The smallest absolute Gasteiger partial charge is 0.165 e. The normalized spacial score (nSPS) is 10.7. The Kier molecular flexibility index (Phi) is 11.4. The van der Waals surface area contributed by atoms with Gasteiger partial charge in [-0.15, -0.1) is 0 Å². The highest BCUT2D eigenvalue weighted by atomic mass is 19.1. The maximum absolute atomic E-state index is 12.7. The molecule has 0 bridgehead atoms. The number of rotatable bonds is 5. The number of carbonyl (C=O) groups excluding carboxylic acids is 1. The fourth-order valence-electron chi connectivity index (χ4n) is 3.72. The number of benzene rings is 2. The molecular weight excluding hydrogens is 463 g/mol. The number of phenolic OH excluding ortho intramolecular Hbond substituents is 1. The summed E-state index contributed by atoms with van der Waals surface area (Å²) in [6.07, 6.45) is 4.06. The monoisotopic (exact) mass is 502 g/mol. The van der Waals surface area contributed by atoms with Crippen LogP contribution in [0.15, 0.2) is 73.1 Å². The molecule has 0 unspecified atom stereocenters. The molecule has 5 heteroatoms. The van der Waals surface area contributed by atoms with Gasteiger partial charge in [0.15, 0.2) is 11.6 Å². The van der Waals surface area contributed by atoms with Crippen molar-refractivity contribution in [3.05, 3.63) is 101 Å². The van der Waals surface area contributed by atoms with E-state index in [9.17, 15) is 9.18 Å². The number of halogens is 1. The van der Waals surface area contributed by atoms with Crippen LogP contribution in [0.3, 0.4) is 0 Å². The van der Waals surface area contributed by atoms with Gasteiger partial charge in [-0.2, -0.15) is 0 Å². The second kappa shape index (κ2) is 14.2. The van der Waals surface area contributed by atoms with Gasteiger partial charge in [0.05, 0.1) is 5.52 Å². The van der Waals surface area contributed by atoms with Crippen LogP contribution >= 0.6 is 0 Å². The Labute approximate surface area is 220 Å². The number of fused-ring (bicyclic) bond motifs is 1. The van der Waals surface area contributed by atoms with Crippen molar-refractivity contribution in [3.8, 4) is 5.75 Å². The number of Topliss-reactive ketones (excluding diaryl/α,β-unsaturated/α-hetero) is 1. The van der Waals surface area contributed by atoms with E-state index in [4.69, 9.17) is 5.11 Å². The minimum atomic E-state index is -0.545. The number of phenols is 1. The van der Waals surface area contributed by atoms with Crippen molar-refractivity contribution in [2.75, 3.05) is 0 Å². The zero-order valence-corrected chi connectivity index (χ0v) is 23.0. The third kappa shape index (κ3) is 9.41. The van der Waals surface area contributed by atoms with E-state index in [2.05, 4.69) is 61.9 Å². The van der Waals surface area contributed by atoms with Crippen LogP contribution in [-0.4, -0.2) is 20.9 Å². The van der Waals surface area contributed by atoms with Crippen molar-refractivity contribution in [2.45, 2.75) is 72.6 Å². The fourth-order valence-corrected chi connectivity index (χ4v) is 3.72. The molecule has 0 saturated heterocycles. The summed E-state index contributed by atoms with van der Waals surface area (Å²) in [6, 6.07) is 18.9. The molecule has 4 rings (SSSR count). The Morgan fingerprint density at radius 1 is 0.811 bits per heavy atom. The predicted molar refractivity (Wildman–Crippen MR) is 151 cm³/mol. The molecule has 37 heavy (non-hydrogen) atoms. The first-order chi connectivity index (χ1) is 17.5. The number of hydrogen-bond acceptors (Lipinski definition) is 4. The average molecular weight is 503 g/mol. The second-order valence-electron chi connectivity index (χ2n) is 10.1. The van der Waals surface area contributed by atoms with Gasteiger partial charge >= 0.3 is 0 Å². The van der Waals surface area contributed by atoms with Gasteiger partial charge in [-0.3, -0.25) is 14.8 Å². The Morgan fingerprint density at radius 2 is 1.49 bits per heavy atom. The molecule has 1 N–H and O–H groups in total. The lowest BCUT2D eigenvalue weighted by atomic mass is 9.98. The van der Waals surface area contributed by atoms with Crippen molar-refractivity contribution in [2.24, 2.45) is 0 Å². The zero-order chi connectivity index (χ0) is 27.5. The minimum Gasteiger partial charge on any atom is -0.505 e. The standard InChI is InChI=1S/C12H13N.C11H15NO.C9H11FO/c1-9(2)10-5-3-7-12-11(10)6-4-8-13-12;1-8(2)10-4-5-12-11(7-10)6-9(3)13;1-6(2)7-3-4-9(11)8(10)5-7/h3-9H,1-2H3;4-5,7-8H,6H2,1-3H3;3-6,11H,1-2H3.